The van der Waals surface area contributed by atoms with Crippen LogP contribution in [-0.4, -0.2) is 17.8 Å². The number of nitrogens with zero attached hydrogens (tertiary/aromatic N) is 1. The van der Waals surface area contributed by atoms with Gasteiger partial charge in [0, 0.05) is 15.6 Å². The van der Waals surface area contributed by atoms with Crippen molar-refractivity contribution in [2.45, 2.75) is 6.92 Å². The van der Waals surface area contributed by atoms with E-state index in [1.165, 1.54) is 23.7 Å². The molecule has 0 saturated carbocycles. The second-order valence-electron chi connectivity index (χ2n) is 6.99. The molecule has 0 bridgehead atoms. The highest BCUT2D eigenvalue weighted by molar-refractivity contribution is 7.21. The smallest absolute Gasteiger partial charge is 0.363 e. The molecule has 32 heavy (non-hydrogen) atoms. The fraction of sp³-hybridized carbons (Fsp3) is 0.0417. The number of hydrogen-bond acceptors (Lipinski definition) is 7. The molecule has 0 spiro atoms. The maximum atomic E-state index is 12.9. The lowest BCUT2D eigenvalue weighted by molar-refractivity contribution is -0.130. The van der Waals surface area contributed by atoms with Gasteiger partial charge in [0.25, 0.3) is 5.90 Å². The van der Waals surface area contributed by atoms with Crippen molar-refractivity contribution in [3.63, 3.8) is 0 Å². The number of hydrogen-bond donors (Lipinski definition) is 0. The summed E-state index contributed by atoms with van der Waals surface area (Å²) < 4.78 is 16.9. The third kappa shape index (κ3) is 3.72. The second kappa shape index (κ2) is 8.11. The Hall–Kier alpha value is -3.68. The minimum Gasteiger partial charge on any atom is -0.459 e. The molecule has 0 radical (unpaired) electrons. The lowest BCUT2D eigenvalue weighted by Crippen LogP contribution is -2.08. The summed E-state index contributed by atoms with van der Waals surface area (Å²) in [5.74, 6) is -0.512. The number of thiophene rings is 1. The molecule has 0 saturated heterocycles. The van der Waals surface area contributed by atoms with Gasteiger partial charge in [-0.25, -0.2) is 14.6 Å². The van der Waals surface area contributed by atoms with Gasteiger partial charge in [-0.05, 0) is 42.8 Å². The molecule has 158 valence electrons. The zero-order chi connectivity index (χ0) is 22.2. The number of carbonyl (C=O) groups is 2. The van der Waals surface area contributed by atoms with E-state index >= 15 is 0 Å². The predicted octanol–water partition coefficient (Wildman–Crippen LogP) is 6.02. The molecule has 2 aromatic heterocycles. The van der Waals surface area contributed by atoms with E-state index in [0.717, 1.165) is 15.6 Å². The minimum absolute atomic E-state index is 0.0651. The van der Waals surface area contributed by atoms with Gasteiger partial charge in [-0.2, -0.15) is 0 Å². The van der Waals surface area contributed by atoms with Crippen LogP contribution in [0.25, 0.3) is 16.2 Å². The first-order valence-electron chi connectivity index (χ1n) is 9.56. The van der Waals surface area contributed by atoms with E-state index < -0.39 is 11.9 Å². The lowest BCUT2D eigenvalue weighted by atomic mass is 10.1. The van der Waals surface area contributed by atoms with Gasteiger partial charge in [-0.3, -0.25) is 0 Å². The van der Waals surface area contributed by atoms with E-state index in [1.807, 2.05) is 25.1 Å². The molecule has 5 rings (SSSR count). The molecule has 0 N–H and O–H groups in total. The van der Waals surface area contributed by atoms with Crippen LogP contribution in [0.1, 0.15) is 26.6 Å². The SMILES string of the molecule is Cc1ccc2c(Cl)c(C(=O)Oc3ccccc3/C=C3/N=C(c4ccco4)OC3=O)sc2c1. The highest BCUT2D eigenvalue weighted by Crippen LogP contribution is 2.37. The molecule has 1 aliphatic rings. The zero-order valence-electron chi connectivity index (χ0n) is 16.6. The molecular formula is C24H14ClNO5S. The Morgan fingerprint density at radius 2 is 2.00 bits per heavy atom. The number of benzene rings is 2. The Bertz CT molecular complexity index is 1430. The van der Waals surface area contributed by atoms with E-state index in [2.05, 4.69) is 4.99 Å². The van der Waals surface area contributed by atoms with Crippen molar-refractivity contribution in [2.75, 3.05) is 0 Å². The molecule has 0 unspecified atom stereocenters. The number of furan rings is 1. The van der Waals surface area contributed by atoms with Crippen LogP contribution in [0.4, 0.5) is 0 Å². The number of rotatable bonds is 4. The number of aliphatic imine (C=N–C) groups is 1. The van der Waals surface area contributed by atoms with Gasteiger partial charge >= 0.3 is 11.9 Å². The first-order valence-corrected chi connectivity index (χ1v) is 10.8. The average Bonchev–Trinajstić information content (AvgIpc) is 3.50. The predicted molar refractivity (Wildman–Crippen MR) is 122 cm³/mol. The van der Waals surface area contributed by atoms with Crippen molar-refractivity contribution in [1.29, 1.82) is 0 Å². The number of ether oxygens (including phenoxy) is 2. The zero-order valence-corrected chi connectivity index (χ0v) is 18.2. The summed E-state index contributed by atoms with van der Waals surface area (Å²) in [5, 5.41) is 1.16. The molecule has 0 atom stereocenters. The van der Waals surface area contributed by atoms with Crippen molar-refractivity contribution in [3.05, 3.63) is 93.3 Å². The molecule has 4 aromatic rings. The number of fused-ring (bicyclic) bond motifs is 1. The molecular weight excluding hydrogens is 450 g/mol. The van der Waals surface area contributed by atoms with Gasteiger partial charge in [0.1, 0.15) is 10.6 Å². The van der Waals surface area contributed by atoms with Crippen molar-refractivity contribution >= 4 is 56.9 Å². The van der Waals surface area contributed by atoms with Crippen molar-refractivity contribution in [2.24, 2.45) is 4.99 Å². The summed E-state index contributed by atoms with van der Waals surface area (Å²) in [6.45, 7) is 1.97. The third-order valence-corrected chi connectivity index (χ3v) is 6.37. The van der Waals surface area contributed by atoms with Gasteiger partial charge in [-0.15, -0.1) is 11.3 Å². The molecule has 0 amide bonds. The largest absolute Gasteiger partial charge is 0.459 e. The molecule has 1 aliphatic heterocycles. The van der Waals surface area contributed by atoms with Crippen LogP contribution in [-0.2, 0) is 9.53 Å². The Balaban J connectivity index is 1.46. The van der Waals surface area contributed by atoms with Crippen LogP contribution in [0.3, 0.4) is 0 Å². The standard InChI is InChI=1S/C24H14ClNO5S/c1-13-8-9-15-19(11-13)32-21(20(15)25)24(28)30-17-6-3-2-5-14(17)12-16-23(27)31-22(26-16)18-7-4-10-29-18/h2-12H,1H3/b16-12+. The van der Waals surface area contributed by atoms with Crippen LogP contribution < -0.4 is 4.74 Å². The van der Waals surface area contributed by atoms with E-state index in [1.54, 1.807) is 36.4 Å². The molecule has 2 aromatic carbocycles. The van der Waals surface area contributed by atoms with Gasteiger partial charge in [0.2, 0.25) is 0 Å². The fourth-order valence-corrected chi connectivity index (χ4v) is 4.69. The first kappa shape index (κ1) is 20.2. The highest BCUT2D eigenvalue weighted by Gasteiger charge is 2.26. The molecule has 0 aliphatic carbocycles. The topological polar surface area (TPSA) is 78.1 Å². The number of esters is 2. The number of para-hydroxylation sites is 1. The number of carbonyl (C=O) groups excluding carboxylic acids is 2. The van der Waals surface area contributed by atoms with Crippen molar-refractivity contribution in [3.8, 4) is 5.75 Å². The van der Waals surface area contributed by atoms with Crippen molar-refractivity contribution < 1.29 is 23.5 Å². The number of cyclic esters (lactones) is 1. The van der Waals surface area contributed by atoms with E-state index in [0.29, 0.717) is 21.2 Å². The molecule has 6 nitrogen and oxygen atoms in total. The highest BCUT2D eigenvalue weighted by atomic mass is 35.5. The number of aryl methyl sites for hydroxylation is 1. The lowest BCUT2D eigenvalue weighted by Gasteiger charge is -2.07. The average molecular weight is 464 g/mol. The maximum Gasteiger partial charge on any atom is 0.363 e. The van der Waals surface area contributed by atoms with Crippen LogP contribution in [0.5, 0.6) is 5.75 Å². The summed E-state index contributed by atoms with van der Waals surface area (Å²) in [7, 11) is 0. The van der Waals surface area contributed by atoms with Crippen LogP contribution >= 0.6 is 22.9 Å². The minimum atomic E-state index is -0.625. The van der Waals surface area contributed by atoms with Gasteiger partial charge < -0.3 is 13.9 Å². The van der Waals surface area contributed by atoms with Crippen LogP contribution in [0, 0.1) is 6.92 Å². The Morgan fingerprint density at radius 1 is 1.16 bits per heavy atom. The summed E-state index contributed by atoms with van der Waals surface area (Å²) in [5.41, 5.74) is 1.63. The fourth-order valence-electron chi connectivity index (χ4n) is 3.20. The van der Waals surface area contributed by atoms with E-state index in [9.17, 15) is 9.59 Å². The van der Waals surface area contributed by atoms with Crippen LogP contribution in [0.15, 0.2) is 76.0 Å². The summed E-state index contributed by atoms with van der Waals surface area (Å²) in [6, 6.07) is 15.9. The Morgan fingerprint density at radius 3 is 2.81 bits per heavy atom. The van der Waals surface area contributed by atoms with Gasteiger partial charge in [-0.1, -0.05) is 41.9 Å². The monoisotopic (exact) mass is 463 g/mol. The van der Waals surface area contributed by atoms with Gasteiger partial charge in [0.05, 0.1) is 11.3 Å². The van der Waals surface area contributed by atoms with E-state index in [-0.39, 0.29) is 17.3 Å². The number of halogens is 1. The quantitative estimate of drug-likeness (QED) is 0.210. The summed E-state index contributed by atoms with van der Waals surface area (Å²) >= 11 is 7.72. The molecule has 0 fully saturated rings. The normalized spacial score (nSPS) is 14.6. The summed E-state index contributed by atoms with van der Waals surface area (Å²) in [6.07, 6.45) is 2.96. The van der Waals surface area contributed by atoms with E-state index in [4.69, 9.17) is 25.5 Å². The Labute approximate surface area is 191 Å². The third-order valence-electron chi connectivity index (χ3n) is 4.74. The summed E-state index contributed by atoms with van der Waals surface area (Å²) in [4.78, 5) is 29.6. The first-order chi connectivity index (χ1) is 15.5. The Kier molecular flexibility index (Phi) is 5.13. The molecule has 8 heteroatoms. The van der Waals surface area contributed by atoms with Gasteiger partial charge in [0.15, 0.2) is 11.5 Å². The van der Waals surface area contributed by atoms with Crippen LogP contribution in [0.2, 0.25) is 5.02 Å². The second-order valence-corrected chi connectivity index (χ2v) is 8.42. The van der Waals surface area contributed by atoms with Crippen molar-refractivity contribution in [1.82, 2.24) is 0 Å². The molecule has 3 heterocycles. The maximum absolute atomic E-state index is 12.9.